The van der Waals surface area contributed by atoms with Crippen LogP contribution in [0.2, 0.25) is 0 Å². The van der Waals surface area contributed by atoms with Crippen LogP contribution in [-0.2, 0) is 0 Å². The number of nitrogens with zero attached hydrogens (tertiary/aromatic N) is 4. The van der Waals surface area contributed by atoms with Crippen LogP contribution in [0.15, 0.2) is 158 Å². The summed E-state index contributed by atoms with van der Waals surface area (Å²) >= 11 is 0. The van der Waals surface area contributed by atoms with Gasteiger partial charge in [0.2, 0.25) is 0 Å². The number of allylic oxidation sites excluding steroid dienone is 2. The van der Waals surface area contributed by atoms with Gasteiger partial charge in [0.1, 0.15) is 17.4 Å². The van der Waals surface area contributed by atoms with Crippen LogP contribution in [0.25, 0.3) is 49.6 Å². The summed E-state index contributed by atoms with van der Waals surface area (Å²) in [6.45, 7) is 0. The lowest BCUT2D eigenvalue weighted by atomic mass is 9.81. The van der Waals surface area contributed by atoms with Crippen molar-refractivity contribution < 1.29 is 0 Å². The van der Waals surface area contributed by atoms with Crippen molar-refractivity contribution in [3.63, 3.8) is 0 Å². The van der Waals surface area contributed by atoms with Crippen molar-refractivity contribution in [2.24, 2.45) is 0 Å². The molecule has 0 N–H and O–H groups in total. The fourth-order valence-electron chi connectivity index (χ4n) is 7.52. The lowest BCUT2D eigenvalue weighted by Crippen LogP contribution is -2.48. The van der Waals surface area contributed by atoms with Crippen LogP contribution in [0, 0.1) is 0 Å². The van der Waals surface area contributed by atoms with E-state index >= 15 is 0 Å². The minimum atomic E-state index is -0.0101. The van der Waals surface area contributed by atoms with Gasteiger partial charge in [0.25, 0.3) is 0 Å². The van der Waals surface area contributed by atoms with Crippen LogP contribution in [0.4, 0.5) is 23.0 Å². The molecule has 4 heteroatoms. The zero-order valence-electron chi connectivity index (χ0n) is 24.9. The van der Waals surface area contributed by atoms with Crippen LogP contribution in [0.1, 0.15) is 5.56 Å². The molecule has 46 heavy (non-hydrogen) atoms. The number of rotatable bonds is 3. The Bertz CT molecular complexity index is 2470. The van der Waals surface area contributed by atoms with E-state index in [9.17, 15) is 0 Å². The second-order valence-electron chi connectivity index (χ2n) is 12.0. The zero-order chi connectivity index (χ0) is 30.2. The van der Waals surface area contributed by atoms with Gasteiger partial charge < -0.3 is 4.90 Å². The standard InChI is InChI=1S/C42H27N4/c1-2-11-27(12-3-1)28-23-25-30(26-24-28)40-33-15-4-5-18-34(33)43-42(44-40)46-36-20-7-6-19-35(36)45-37-21-9-14-29-13-8-16-31(39(29)37)32-17-10-22-38(46)41(32)45/h1-26,41H/q+1. The molecule has 0 bridgehead atoms. The Morgan fingerprint density at radius 3 is 2.20 bits per heavy atom. The molecule has 3 aliphatic rings. The van der Waals surface area contributed by atoms with Gasteiger partial charge in [0.15, 0.2) is 11.2 Å². The number of hydrogen-bond acceptors (Lipinski definition) is 3. The molecule has 0 spiro atoms. The van der Waals surface area contributed by atoms with Gasteiger partial charge in [0.05, 0.1) is 16.8 Å². The summed E-state index contributed by atoms with van der Waals surface area (Å²) in [5.74, 6) is 0.672. The molecule has 0 saturated heterocycles. The normalized spacial score (nSPS) is 16.0. The largest absolute Gasteiger partial charge is 0.439 e. The number of fused-ring (bicyclic) bond motifs is 5. The molecule has 10 rings (SSSR count). The minimum Gasteiger partial charge on any atom is -0.323 e. The van der Waals surface area contributed by atoms with Gasteiger partial charge in [-0.3, -0.25) is 0 Å². The second-order valence-corrected chi connectivity index (χ2v) is 12.0. The Kier molecular flexibility index (Phi) is 5.31. The summed E-state index contributed by atoms with van der Waals surface area (Å²) in [5.41, 5.74) is 12.5. The Morgan fingerprint density at radius 1 is 0.587 bits per heavy atom. The number of hydrogen-bond donors (Lipinski definition) is 0. The molecule has 0 saturated carbocycles. The second kappa shape index (κ2) is 9.68. The third-order valence-corrected chi connectivity index (χ3v) is 9.53. The SMILES string of the molecule is C1=CC2=[N+](c3nc(-c4ccc(-c5ccccc5)cc4)c4ccccc4n3)c3ccccc3N3c4cccc5cccc(c45)C(=C1)C23. The van der Waals surface area contributed by atoms with E-state index in [2.05, 4.69) is 167 Å². The van der Waals surface area contributed by atoms with E-state index in [1.165, 1.54) is 38.7 Å². The maximum atomic E-state index is 5.39. The molecule has 1 aliphatic carbocycles. The van der Waals surface area contributed by atoms with Gasteiger partial charge in [-0.25, -0.2) is 0 Å². The van der Waals surface area contributed by atoms with Crippen molar-refractivity contribution in [2.45, 2.75) is 6.04 Å². The van der Waals surface area contributed by atoms with Gasteiger partial charge in [-0.05, 0) is 64.1 Å². The average molecular weight is 588 g/mol. The summed E-state index contributed by atoms with van der Waals surface area (Å²) in [7, 11) is 0. The summed E-state index contributed by atoms with van der Waals surface area (Å²) in [5, 5.41) is 3.59. The smallest absolute Gasteiger partial charge is 0.323 e. The molecule has 1 unspecified atom stereocenters. The molecular formula is C42H27N4+. The zero-order valence-corrected chi connectivity index (χ0v) is 24.9. The summed E-state index contributed by atoms with van der Waals surface area (Å²) in [4.78, 5) is 13.1. The number of benzene rings is 6. The number of aromatic nitrogens is 2. The van der Waals surface area contributed by atoms with Crippen LogP contribution in [0.5, 0.6) is 0 Å². The van der Waals surface area contributed by atoms with Gasteiger partial charge in [-0.15, -0.1) is 0 Å². The van der Waals surface area contributed by atoms with Gasteiger partial charge >= 0.3 is 5.95 Å². The van der Waals surface area contributed by atoms with Crippen LogP contribution in [0.3, 0.4) is 0 Å². The molecule has 0 amide bonds. The molecule has 7 aromatic rings. The third-order valence-electron chi connectivity index (χ3n) is 9.53. The molecular weight excluding hydrogens is 560 g/mol. The van der Waals surface area contributed by atoms with E-state index in [0.29, 0.717) is 5.95 Å². The van der Waals surface area contributed by atoms with E-state index in [1.807, 2.05) is 0 Å². The Balaban J connectivity index is 1.22. The number of para-hydroxylation sites is 3. The van der Waals surface area contributed by atoms with Crippen molar-refractivity contribution in [3.05, 3.63) is 163 Å². The van der Waals surface area contributed by atoms with Gasteiger partial charge in [-0.1, -0.05) is 131 Å². The first kappa shape index (κ1) is 25.2. The van der Waals surface area contributed by atoms with Crippen LogP contribution >= 0.6 is 0 Å². The third kappa shape index (κ3) is 3.58. The highest BCUT2D eigenvalue weighted by Crippen LogP contribution is 2.51. The van der Waals surface area contributed by atoms with Crippen molar-refractivity contribution in [3.8, 4) is 22.4 Å². The first-order chi connectivity index (χ1) is 22.8. The van der Waals surface area contributed by atoms with Crippen LogP contribution in [-0.4, -0.2) is 21.7 Å². The molecule has 0 fully saturated rings. The molecule has 214 valence electrons. The summed E-state index contributed by atoms with van der Waals surface area (Å²) < 4.78 is 2.28. The van der Waals surface area contributed by atoms with E-state index in [1.54, 1.807) is 0 Å². The average Bonchev–Trinajstić information content (AvgIpc) is 3.13. The molecule has 4 nitrogen and oxygen atoms in total. The molecule has 1 aromatic heterocycles. The lowest BCUT2D eigenvalue weighted by Gasteiger charge is -2.44. The van der Waals surface area contributed by atoms with Gasteiger partial charge in [0, 0.05) is 10.9 Å². The minimum absolute atomic E-state index is 0.0101. The molecule has 6 aromatic carbocycles. The Labute approximate surface area is 266 Å². The number of anilines is 2. The van der Waals surface area contributed by atoms with Crippen molar-refractivity contribution in [1.82, 2.24) is 14.5 Å². The summed E-state index contributed by atoms with van der Waals surface area (Å²) in [6.07, 6.45) is 6.69. The van der Waals surface area contributed by atoms with E-state index < -0.39 is 0 Å². The molecule has 1 atom stereocenters. The van der Waals surface area contributed by atoms with Crippen LogP contribution < -0.4 is 9.48 Å². The Hall–Kier alpha value is -6.13. The van der Waals surface area contributed by atoms with Crippen molar-refractivity contribution >= 4 is 56.0 Å². The fourth-order valence-corrected chi connectivity index (χ4v) is 7.52. The Morgan fingerprint density at radius 2 is 1.30 bits per heavy atom. The van der Waals surface area contributed by atoms with E-state index in [0.717, 1.165) is 39.2 Å². The lowest BCUT2D eigenvalue weighted by molar-refractivity contribution is 0.872. The first-order valence-electron chi connectivity index (χ1n) is 15.7. The first-order valence-corrected chi connectivity index (χ1v) is 15.7. The van der Waals surface area contributed by atoms with E-state index in [-0.39, 0.29) is 6.04 Å². The van der Waals surface area contributed by atoms with Crippen molar-refractivity contribution in [2.75, 3.05) is 4.90 Å². The fraction of sp³-hybridized carbons (Fsp3) is 0.0238. The van der Waals surface area contributed by atoms with E-state index in [4.69, 9.17) is 9.97 Å². The molecule has 0 radical (unpaired) electrons. The monoisotopic (exact) mass is 587 g/mol. The maximum Gasteiger partial charge on any atom is 0.439 e. The quantitative estimate of drug-likeness (QED) is 0.193. The molecule has 3 heterocycles. The predicted octanol–water partition coefficient (Wildman–Crippen LogP) is 9.88. The highest BCUT2D eigenvalue weighted by molar-refractivity contribution is 6.23. The van der Waals surface area contributed by atoms with Crippen molar-refractivity contribution in [1.29, 1.82) is 0 Å². The highest BCUT2D eigenvalue weighted by atomic mass is 15.3. The van der Waals surface area contributed by atoms with Gasteiger partial charge in [-0.2, -0.15) is 4.58 Å². The summed E-state index contributed by atoms with van der Waals surface area (Å²) in [6, 6.07) is 49.5. The predicted molar refractivity (Wildman–Crippen MR) is 190 cm³/mol. The topological polar surface area (TPSA) is 32.0 Å². The highest BCUT2D eigenvalue weighted by Gasteiger charge is 2.44. The molecule has 2 aliphatic heterocycles. The maximum absolute atomic E-state index is 5.39.